The van der Waals surface area contributed by atoms with Crippen molar-refractivity contribution in [3.05, 3.63) is 58.9 Å². The fourth-order valence-corrected chi connectivity index (χ4v) is 6.61. The first-order chi connectivity index (χ1) is 22.6. The zero-order valence-electron chi connectivity index (χ0n) is 27.4. The molecule has 0 spiro atoms. The molecule has 2 aromatic carbocycles. The largest absolute Gasteiger partial charge is 0.362 e. The summed E-state index contributed by atoms with van der Waals surface area (Å²) in [6.07, 6.45) is 7.26. The number of carbonyl (C=O) groups is 3. The summed E-state index contributed by atoms with van der Waals surface area (Å²) in [5, 5.41) is 5.15. The van der Waals surface area contributed by atoms with E-state index < -0.39 is 22.8 Å². The summed E-state index contributed by atoms with van der Waals surface area (Å²) in [7, 11) is 0.218. The first kappa shape index (κ1) is 37.8. The molecule has 3 aromatic rings. The number of nitrogens with zero attached hydrogens (tertiary/aromatic N) is 1. The molecule has 2 atom stereocenters. The third-order valence-electron chi connectivity index (χ3n) is 8.30. The number of likely N-dealkylation sites (tertiary alicyclic amines) is 1. The van der Waals surface area contributed by atoms with Crippen molar-refractivity contribution in [1.82, 2.24) is 19.9 Å². The Morgan fingerprint density at radius 1 is 0.936 bits per heavy atom. The number of alkyl halides is 2. The summed E-state index contributed by atoms with van der Waals surface area (Å²) < 4.78 is 41.7. The lowest BCUT2D eigenvalue weighted by molar-refractivity contribution is -0.131. The number of fused-ring (bicyclic) bond motifs is 3. The summed E-state index contributed by atoms with van der Waals surface area (Å²) in [5.74, 6) is -2.98. The summed E-state index contributed by atoms with van der Waals surface area (Å²) in [6, 6.07) is 15.8. The topological polar surface area (TPSA) is 128 Å². The van der Waals surface area contributed by atoms with Crippen LogP contribution in [0.15, 0.2) is 53.3 Å². The highest BCUT2D eigenvalue weighted by Gasteiger charge is 2.31. The third-order valence-corrected chi connectivity index (χ3v) is 9.81. The zero-order valence-corrected chi connectivity index (χ0v) is 28.2. The molecular formula is C35H48F2N4O5S. The number of pyridine rings is 1. The maximum absolute atomic E-state index is 13.9. The predicted molar refractivity (Wildman–Crippen MR) is 183 cm³/mol. The second-order valence-corrected chi connectivity index (χ2v) is 13.6. The fraction of sp³-hybridized carbons (Fsp3) is 0.543. The van der Waals surface area contributed by atoms with Crippen LogP contribution in [0.1, 0.15) is 90.4 Å². The van der Waals surface area contributed by atoms with Gasteiger partial charge in [-0.25, -0.2) is 13.0 Å². The molecule has 2 fully saturated rings. The van der Waals surface area contributed by atoms with Gasteiger partial charge in [-0.05, 0) is 69.4 Å². The Morgan fingerprint density at radius 2 is 1.55 bits per heavy atom. The summed E-state index contributed by atoms with van der Waals surface area (Å²) in [6.45, 7) is 2.92. The molecule has 2 heterocycles. The highest BCUT2D eigenvalue weighted by atomic mass is 32.2. The van der Waals surface area contributed by atoms with Gasteiger partial charge >= 0.3 is 0 Å². The van der Waals surface area contributed by atoms with Gasteiger partial charge in [0.25, 0.3) is 5.56 Å². The lowest BCUT2D eigenvalue weighted by Gasteiger charge is -2.21. The first-order valence-corrected chi connectivity index (χ1v) is 17.8. The molecule has 2 unspecified atom stereocenters. The number of benzene rings is 2. The van der Waals surface area contributed by atoms with Gasteiger partial charge in [0.05, 0.1) is 5.25 Å². The first-order valence-electron chi connectivity index (χ1n) is 16.5. The van der Waals surface area contributed by atoms with Crippen molar-refractivity contribution in [2.45, 2.75) is 108 Å². The van der Waals surface area contributed by atoms with E-state index in [1.807, 2.05) is 53.4 Å². The lowest BCUT2D eigenvalue weighted by atomic mass is 10.0. The Morgan fingerprint density at radius 3 is 2.19 bits per heavy atom. The maximum atomic E-state index is 13.9. The van der Waals surface area contributed by atoms with Gasteiger partial charge in [0.15, 0.2) is 0 Å². The number of carbonyl (C=O) groups excluding carboxylic acids is 3. The van der Waals surface area contributed by atoms with Crippen LogP contribution < -0.4 is 15.6 Å². The van der Waals surface area contributed by atoms with Crippen LogP contribution in [-0.2, 0) is 25.4 Å². The number of rotatable bonds is 14. The molecule has 2 aliphatic rings. The van der Waals surface area contributed by atoms with Gasteiger partial charge < -0.3 is 15.2 Å². The number of amides is 3. The van der Waals surface area contributed by atoms with Crippen LogP contribution in [0.3, 0.4) is 0 Å². The summed E-state index contributed by atoms with van der Waals surface area (Å²) in [4.78, 5) is 49.3. The van der Waals surface area contributed by atoms with Gasteiger partial charge in [-0.15, -0.1) is 0 Å². The molecule has 3 N–H and O–H groups in total. The zero-order chi connectivity index (χ0) is 34.2. The Balaban J connectivity index is 0.000000261. The molecule has 1 aliphatic heterocycles. The van der Waals surface area contributed by atoms with Gasteiger partial charge in [-0.2, -0.15) is 0 Å². The molecule has 0 radical (unpaired) electrons. The maximum Gasteiger partial charge on any atom is 0.256 e. The van der Waals surface area contributed by atoms with Crippen LogP contribution in [0.4, 0.5) is 8.78 Å². The lowest BCUT2D eigenvalue weighted by Crippen LogP contribution is -2.33. The van der Waals surface area contributed by atoms with Crippen LogP contribution in [0.5, 0.6) is 0 Å². The minimum absolute atomic E-state index is 0.00885. The molecule has 47 heavy (non-hydrogen) atoms. The predicted octanol–water partition coefficient (Wildman–Crippen LogP) is 6.13. The van der Waals surface area contributed by atoms with Crippen molar-refractivity contribution in [2.75, 3.05) is 13.6 Å². The van der Waals surface area contributed by atoms with E-state index in [2.05, 4.69) is 21.9 Å². The van der Waals surface area contributed by atoms with E-state index in [4.69, 9.17) is 4.79 Å². The van der Waals surface area contributed by atoms with E-state index >= 15 is 0 Å². The smallest absolute Gasteiger partial charge is 0.256 e. The quantitative estimate of drug-likeness (QED) is 0.108. The Kier molecular flexibility index (Phi) is 15.5. The molecule has 9 nitrogen and oxygen atoms in total. The number of H-pyrrole nitrogens is 1. The number of nitrogens with one attached hydrogen (secondary N) is 3. The Hall–Kier alpha value is -3.67. The number of hydrogen-bond acceptors (Lipinski definition) is 5. The van der Waals surface area contributed by atoms with Crippen molar-refractivity contribution >= 4 is 50.9 Å². The number of aromatic nitrogens is 1. The standard InChI is InChI=1S/C20H34F2N2O3S.C13H9NO.C2H5NO/c1-16-8-7-15-24(16)19(26)10-4-2-3-5-13-20(21,22)14-6-9-18(25)23-28(27)17-11-12-17;15-13-11-7-2-1-5-9(11)10-6-3-4-8-12(10)14-13;1-3-2-4/h16-17H,2-15H2,1H3,(H,23,25);1-8H,(H,14,15);2H,1H3,(H,3,4). The van der Waals surface area contributed by atoms with E-state index in [1.165, 1.54) is 0 Å². The second kappa shape index (κ2) is 19.2. The van der Waals surface area contributed by atoms with Crippen LogP contribution in [0.2, 0.25) is 0 Å². The average Bonchev–Trinajstić information content (AvgIpc) is 3.83. The Labute approximate surface area is 277 Å². The fourth-order valence-electron chi connectivity index (χ4n) is 5.55. The SMILES string of the molecule is CC1CCCN1C(=O)CCCCCCC(F)(F)CCCC(=O)NS(=O)C1CC1.CNC=O.O=c1[nH]c2ccccc2c2ccccc12. The van der Waals surface area contributed by atoms with Crippen LogP contribution in [-0.4, -0.2) is 63.1 Å². The molecular weight excluding hydrogens is 626 g/mol. The average molecular weight is 675 g/mol. The van der Waals surface area contributed by atoms with E-state index in [-0.39, 0.29) is 42.4 Å². The van der Waals surface area contributed by atoms with E-state index in [0.29, 0.717) is 31.7 Å². The molecule has 0 bridgehead atoms. The Bertz CT molecular complexity index is 1550. The third kappa shape index (κ3) is 12.8. The van der Waals surface area contributed by atoms with Crippen molar-refractivity contribution < 1.29 is 27.4 Å². The van der Waals surface area contributed by atoms with Crippen LogP contribution in [0.25, 0.3) is 21.7 Å². The highest BCUT2D eigenvalue weighted by molar-refractivity contribution is 7.84. The molecule has 3 amide bonds. The molecule has 1 saturated heterocycles. The number of halogens is 2. The van der Waals surface area contributed by atoms with Crippen molar-refractivity contribution in [3.63, 3.8) is 0 Å². The highest BCUT2D eigenvalue weighted by Crippen LogP contribution is 2.29. The molecule has 12 heteroatoms. The molecule has 5 rings (SSSR count). The number of unbranched alkanes of at least 4 members (excludes halogenated alkanes) is 3. The molecule has 1 aromatic heterocycles. The van der Waals surface area contributed by atoms with Crippen LogP contribution in [0, 0.1) is 0 Å². The number of aromatic amines is 1. The van der Waals surface area contributed by atoms with Gasteiger partial charge in [-0.1, -0.05) is 49.2 Å². The van der Waals surface area contributed by atoms with Gasteiger partial charge in [0.1, 0.15) is 11.0 Å². The summed E-state index contributed by atoms with van der Waals surface area (Å²) >= 11 is 0. The van der Waals surface area contributed by atoms with Crippen molar-refractivity contribution in [2.24, 2.45) is 0 Å². The number of hydrogen-bond donors (Lipinski definition) is 3. The monoisotopic (exact) mass is 674 g/mol. The minimum atomic E-state index is -2.77. The molecule has 258 valence electrons. The van der Waals surface area contributed by atoms with Crippen molar-refractivity contribution in [3.8, 4) is 0 Å². The molecule has 1 saturated carbocycles. The second-order valence-electron chi connectivity index (χ2n) is 12.2. The molecule has 1 aliphatic carbocycles. The van der Waals surface area contributed by atoms with Gasteiger partial charge in [0.2, 0.25) is 24.1 Å². The number of para-hydroxylation sites is 1. The van der Waals surface area contributed by atoms with Crippen molar-refractivity contribution in [1.29, 1.82) is 0 Å². The summed E-state index contributed by atoms with van der Waals surface area (Å²) in [5.41, 5.74) is 0.866. The van der Waals surface area contributed by atoms with E-state index in [1.54, 1.807) is 7.05 Å². The van der Waals surface area contributed by atoms with Gasteiger partial charge in [-0.3, -0.25) is 23.9 Å². The van der Waals surface area contributed by atoms with E-state index in [0.717, 1.165) is 66.7 Å². The van der Waals surface area contributed by atoms with Crippen LogP contribution >= 0.6 is 0 Å². The van der Waals surface area contributed by atoms with Gasteiger partial charge in [0, 0.05) is 61.6 Å². The minimum Gasteiger partial charge on any atom is -0.362 e. The normalized spacial score (nSPS) is 16.4. The van der Waals surface area contributed by atoms with E-state index in [9.17, 15) is 27.4 Å².